The van der Waals surface area contributed by atoms with Crippen molar-refractivity contribution in [3.05, 3.63) is 35.9 Å². The van der Waals surface area contributed by atoms with Crippen LogP contribution in [0.3, 0.4) is 0 Å². The maximum Gasteiger partial charge on any atom is 0.254 e. The second-order valence-electron chi connectivity index (χ2n) is 6.32. The minimum absolute atomic E-state index is 0.0679. The Balaban J connectivity index is 1.62. The number of nitrogens with zero attached hydrogens (tertiary/aromatic N) is 2. The number of fused-ring (bicyclic) bond motifs is 1. The molecule has 6 heteroatoms. The molecule has 2 fully saturated rings. The smallest absolute Gasteiger partial charge is 0.254 e. The largest absolute Gasteiger partial charge is 0.508 e. The summed E-state index contributed by atoms with van der Waals surface area (Å²) < 4.78 is 0. The van der Waals surface area contributed by atoms with Crippen molar-refractivity contribution in [1.82, 2.24) is 5.01 Å². The number of phenols is 2. The van der Waals surface area contributed by atoms with Crippen LogP contribution in [0.2, 0.25) is 0 Å². The van der Waals surface area contributed by atoms with Crippen LogP contribution >= 0.6 is 0 Å². The molecule has 1 heterocycles. The van der Waals surface area contributed by atoms with Gasteiger partial charge < -0.3 is 10.2 Å². The summed E-state index contributed by atoms with van der Waals surface area (Å²) >= 11 is 0. The van der Waals surface area contributed by atoms with E-state index in [0.717, 1.165) is 17.9 Å². The molecule has 2 bridgehead atoms. The lowest BCUT2D eigenvalue weighted by atomic mass is 9.63. The highest BCUT2D eigenvalue weighted by molar-refractivity contribution is 6.06. The summed E-state index contributed by atoms with van der Waals surface area (Å²) in [5.74, 6) is -1.07. The first kappa shape index (κ1) is 14.0. The summed E-state index contributed by atoms with van der Waals surface area (Å²) in [5, 5.41) is 24.0. The summed E-state index contributed by atoms with van der Waals surface area (Å²) in [4.78, 5) is 25.1. The molecule has 2 amide bonds. The van der Waals surface area contributed by atoms with Crippen LogP contribution < -0.4 is 0 Å². The topological polar surface area (TPSA) is 90.2 Å². The number of hydrazone groups is 1. The second-order valence-corrected chi connectivity index (χ2v) is 6.32. The number of carbonyl (C=O) groups excluding carboxylic acids is 2. The molecule has 1 aromatic rings. The van der Waals surface area contributed by atoms with Crippen molar-refractivity contribution >= 4 is 18.0 Å². The molecule has 0 unspecified atom stereocenters. The molecule has 0 aromatic heterocycles. The van der Waals surface area contributed by atoms with E-state index in [1.54, 1.807) is 0 Å². The molecular formula is C17H16N2O4. The van der Waals surface area contributed by atoms with E-state index in [-0.39, 0.29) is 47.0 Å². The predicted molar refractivity (Wildman–Crippen MR) is 81.6 cm³/mol. The Morgan fingerprint density at radius 1 is 1.04 bits per heavy atom. The van der Waals surface area contributed by atoms with Crippen molar-refractivity contribution in [2.45, 2.75) is 12.8 Å². The van der Waals surface area contributed by atoms with E-state index in [1.165, 1.54) is 24.4 Å². The van der Waals surface area contributed by atoms with Crippen LogP contribution in [0, 0.1) is 23.7 Å². The van der Waals surface area contributed by atoms with Gasteiger partial charge in [0.15, 0.2) is 0 Å². The van der Waals surface area contributed by atoms with Crippen molar-refractivity contribution in [2.24, 2.45) is 28.8 Å². The standard InChI is InChI=1S/C17H16N2O4/c20-12-6-5-11(13(21)7-12)8-18-19-16(22)14-9-1-2-10(4-3-9)15(14)17(19)23/h1-2,5-10,14-15,20-21H,3-4H2/b18-8-/t9-,10-,14+,15+/m0/s1. The first-order chi connectivity index (χ1) is 11.1. The van der Waals surface area contributed by atoms with Gasteiger partial charge in [0.1, 0.15) is 11.5 Å². The zero-order chi connectivity index (χ0) is 16.1. The van der Waals surface area contributed by atoms with E-state index in [0.29, 0.717) is 5.56 Å². The lowest BCUT2D eigenvalue weighted by Gasteiger charge is -2.37. The molecule has 2 N–H and O–H groups in total. The van der Waals surface area contributed by atoms with Crippen LogP contribution in [-0.4, -0.2) is 33.3 Å². The Hall–Kier alpha value is -2.63. The molecular weight excluding hydrogens is 296 g/mol. The minimum atomic E-state index is -0.295. The summed E-state index contributed by atoms with van der Waals surface area (Å²) in [7, 11) is 0. The number of hydrogen-bond donors (Lipinski definition) is 2. The van der Waals surface area contributed by atoms with Gasteiger partial charge in [0.05, 0.1) is 18.1 Å². The van der Waals surface area contributed by atoms with Crippen LogP contribution in [0.5, 0.6) is 11.5 Å². The molecule has 0 spiro atoms. The molecule has 5 rings (SSSR count). The number of amides is 2. The lowest BCUT2D eigenvalue weighted by Crippen LogP contribution is -2.38. The SMILES string of the molecule is O=C1[C@H]2[C@H](C(=O)N1/N=C\c1ccc(O)cc1O)[C@H]1C=C[C@H]2CC1. The zero-order valence-electron chi connectivity index (χ0n) is 12.3. The first-order valence-corrected chi connectivity index (χ1v) is 7.68. The summed E-state index contributed by atoms with van der Waals surface area (Å²) in [5.41, 5.74) is 0.333. The quantitative estimate of drug-likeness (QED) is 0.493. The molecule has 4 atom stereocenters. The van der Waals surface area contributed by atoms with Crippen LogP contribution in [0.1, 0.15) is 18.4 Å². The third kappa shape index (κ3) is 2.05. The van der Waals surface area contributed by atoms with E-state index in [4.69, 9.17) is 0 Å². The Morgan fingerprint density at radius 2 is 1.65 bits per heavy atom. The minimum Gasteiger partial charge on any atom is -0.508 e. The van der Waals surface area contributed by atoms with E-state index < -0.39 is 0 Å². The fraction of sp³-hybridized carbons (Fsp3) is 0.353. The van der Waals surface area contributed by atoms with E-state index in [1.807, 2.05) is 0 Å². The number of allylic oxidation sites excluding steroid dienone is 2. The Labute approximate surface area is 132 Å². The van der Waals surface area contributed by atoms with Crippen molar-refractivity contribution < 1.29 is 19.8 Å². The average molecular weight is 312 g/mol. The van der Waals surface area contributed by atoms with Crippen LogP contribution in [0.4, 0.5) is 0 Å². The molecule has 1 saturated heterocycles. The van der Waals surface area contributed by atoms with Gasteiger partial charge >= 0.3 is 0 Å². The molecule has 3 aliphatic carbocycles. The molecule has 1 saturated carbocycles. The van der Waals surface area contributed by atoms with Gasteiger partial charge in [-0.2, -0.15) is 10.1 Å². The number of carbonyl (C=O) groups is 2. The van der Waals surface area contributed by atoms with Crippen LogP contribution in [-0.2, 0) is 9.59 Å². The number of aromatic hydroxyl groups is 2. The highest BCUT2D eigenvalue weighted by Gasteiger charge is 2.56. The molecule has 1 aromatic carbocycles. The summed E-state index contributed by atoms with van der Waals surface area (Å²) in [6.07, 6.45) is 7.27. The van der Waals surface area contributed by atoms with E-state index in [2.05, 4.69) is 17.3 Å². The van der Waals surface area contributed by atoms with Gasteiger partial charge in [-0.1, -0.05) is 12.2 Å². The fourth-order valence-corrected chi connectivity index (χ4v) is 3.93. The van der Waals surface area contributed by atoms with Crippen molar-refractivity contribution in [3.8, 4) is 11.5 Å². The lowest BCUT2D eigenvalue weighted by molar-refractivity contribution is -0.140. The molecule has 118 valence electrons. The van der Waals surface area contributed by atoms with Gasteiger partial charge in [0, 0.05) is 11.6 Å². The predicted octanol–water partition coefficient (Wildman–Crippen LogP) is 1.63. The van der Waals surface area contributed by atoms with E-state index >= 15 is 0 Å². The third-order valence-corrected chi connectivity index (χ3v) is 5.06. The maximum absolute atomic E-state index is 12.6. The van der Waals surface area contributed by atoms with Crippen molar-refractivity contribution in [1.29, 1.82) is 0 Å². The maximum atomic E-state index is 12.6. The van der Waals surface area contributed by atoms with Crippen LogP contribution in [0.15, 0.2) is 35.5 Å². The van der Waals surface area contributed by atoms with Gasteiger partial charge in [-0.3, -0.25) is 9.59 Å². The number of rotatable bonds is 2. The molecule has 4 aliphatic rings. The first-order valence-electron chi connectivity index (χ1n) is 7.68. The van der Waals surface area contributed by atoms with Crippen LogP contribution in [0.25, 0.3) is 0 Å². The highest BCUT2D eigenvalue weighted by atomic mass is 16.3. The number of hydrogen-bond acceptors (Lipinski definition) is 5. The Morgan fingerprint density at radius 3 is 2.17 bits per heavy atom. The van der Waals surface area contributed by atoms with Gasteiger partial charge in [-0.05, 0) is 36.8 Å². The van der Waals surface area contributed by atoms with Gasteiger partial charge in [0.2, 0.25) is 0 Å². The van der Waals surface area contributed by atoms with Crippen molar-refractivity contribution in [2.75, 3.05) is 0 Å². The summed E-state index contributed by atoms with van der Waals surface area (Å²) in [6.45, 7) is 0. The van der Waals surface area contributed by atoms with Gasteiger partial charge in [-0.15, -0.1) is 0 Å². The highest BCUT2D eigenvalue weighted by Crippen LogP contribution is 2.49. The number of benzene rings is 1. The van der Waals surface area contributed by atoms with E-state index in [9.17, 15) is 19.8 Å². The summed E-state index contributed by atoms with van der Waals surface area (Å²) in [6, 6.07) is 4.05. The monoisotopic (exact) mass is 312 g/mol. The number of phenolic OH excluding ortho intramolecular Hbond substituents is 2. The second kappa shape index (κ2) is 4.94. The molecule has 23 heavy (non-hydrogen) atoms. The third-order valence-electron chi connectivity index (χ3n) is 5.06. The fourth-order valence-electron chi connectivity index (χ4n) is 3.93. The number of imide groups is 1. The molecule has 6 nitrogen and oxygen atoms in total. The zero-order valence-corrected chi connectivity index (χ0v) is 12.3. The van der Waals surface area contributed by atoms with Crippen molar-refractivity contribution in [3.63, 3.8) is 0 Å². The Bertz CT molecular complexity index is 723. The Kier molecular flexibility index (Phi) is 3.01. The molecule has 0 radical (unpaired) electrons. The molecule has 1 aliphatic heterocycles. The normalized spacial score (nSPS) is 32.1. The van der Waals surface area contributed by atoms with Gasteiger partial charge in [-0.25, -0.2) is 0 Å². The average Bonchev–Trinajstić information content (AvgIpc) is 2.82. The van der Waals surface area contributed by atoms with Gasteiger partial charge in [0.25, 0.3) is 11.8 Å².